The van der Waals surface area contributed by atoms with Gasteiger partial charge in [-0.1, -0.05) is 0 Å². The molecule has 0 atom stereocenters. The molecule has 5 heteroatoms. The monoisotopic (exact) mass is 315 g/mol. The van der Waals surface area contributed by atoms with Crippen molar-refractivity contribution in [1.82, 2.24) is 0 Å². The third-order valence-corrected chi connectivity index (χ3v) is 4.41. The van der Waals surface area contributed by atoms with Gasteiger partial charge in [0.1, 0.15) is 5.82 Å². The average Bonchev–Trinajstić information content (AvgIpc) is 2.56. The summed E-state index contributed by atoms with van der Waals surface area (Å²) in [5.41, 5.74) is 6.20. The Hall–Kier alpha value is -0.810. The van der Waals surface area contributed by atoms with Gasteiger partial charge in [-0.2, -0.15) is 0 Å². The van der Waals surface area contributed by atoms with Crippen LogP contribution in [0.5, 0.6) is 11.5 Å². The number of fused-ring (bicyclic) bond motifs is 1. The zero-order valence-electron chi connectivity index (χ0n) is 9.97. The SMILES string of the molecule is NC1(c2cc3c(c(Br)c2F)OCCCO3)CCC1. The van der Waals surface area contributed by atoms with Gasteiger partial charge >= 0.3 is 0 Å². The van der Waals surface area contributed by atoms with Crippen LogP contribution in [0.4, 0.5) is 4.39 Å². The third-order valence-electron chi connectivity index (χ3n) is 3.70. The Bertz CT molecular complexity index is 488. The molecule has 3 nitrogen and oxygen atoms in total. The fourth-order valence-electron chi connectivity index (χ4n) is 2.43. The van der Waals surface area contributed by atoms with E-state index in [1.165, 1.54) is 0 Å². The molecule has 1 heterocycles. The Labute approximate surface area is 114 Å². The maximum Gasteiger partial charge on any atom is 0.178 e. The van der Waals surface area contributed by atoms with E-state index in [9.17, 15) is 4.39 Å². The number of hydrogen-bond acceptors (Lipinski definition) is 3. The van der Waals surface area contributed by atoms with Crippen LogP contribution in [-0.2, 0) is 5.54 Å². The summed E-state index contributed by atoms with van der Waals surface area (Å²) in [6.07, 6.45) is 3.47. The smallest absolute Gasteiger partial charge is 0.178 e. The summed E-state index contributed by atoms with van der Waals surface area (Å²) in [5.74, 6) is 0.727. The van der Waals surface area contributed by atoms with Crippen molar-refractivity contribution < 1.29 is 13.9 Å². The molecular formula is C13H15BrFNO2. The van der Waals surface area contributed by atoms with Crippen LogP contribution in [0.25, 0.3) is 0 Å². The molecule has 1 aliphatic carbocycles. The zero-order valence-corrected chi connectivity index (χ0v) is 11.6. The molecule has 2 aliphatic rings. The van der Waals surface area contributed by atoms with E-state index in [1.807, 2.05) is 0 Å². The lowest BCUT2D eigenvalue weighted by Gasteiger charge is -2.39. The van der Waals surface area contributed by atoms with E-state index in [0.717, 1.165) is 25.7 Å². The lowest BCUT2D eigenvalue weighted by atomic mass is 9.72. The van der Waals surface area contributed by atoms with E-state index < -0.39 is 5.54 Å². The van der Waals surface area contributed by atoms with Crippen molar-refractivity contribution in [3.63, 3.8) is 0 Å². The molecule has 0 radical (unpaired) electrons. The first-order chi connectivity index (χ1) is 8.62. The van der Waals surface area contributed by atoms with Gasteiger partial charge in [0, 0.05) is 17.5 Å². The van der Waals surface area contributed by atoms with Gasteiger partial charge in [-0.05, 0) is 41.3 Å². The minimum absolute atomic E-state index is 0.318. The number of hydrogen-bond donors (Lipinski definition) is 1. The number of halogens is 2. The molecule has 18 heavy (non-hydrogen) atoms. The summed E-state index contributed by atoms with van der Waals surface area (Å²) in [6, 6.07) is 1.71. The molecule has 1 aromatic rings. The molecule has 1 aliphatic heterocycles. The lowest BCUT2D eigenvalue weighted by Crippen LogP contribution is -2.44. The van der Waals surface area contributed by atoms with Gasteiger partial charge in [0.2, 0.25) is 0 Å². The third kappa shape index (κ3) is 1.80. The predicted octanol–water partition coefficient (Wildman–Crippen LogP) is 3.09. The van der Waals surface area contributed by atoms with Crippen LogP contribution >= 0.6 is 15.9 Å². The van der Waals surface area contributed by atoms with Crippen molar-refractivity contribution in [2.24, 2.45) is 5.73 Å². The van der Waals surface area contributed by atoms with Gasteiger partial charge in [-0.15, -0.1) is 0 Å². The van der Waals surface area contributed by atoms with Crippen LogP contribution in [-0.4, -0.2) is 13.2 Å². The Kier molecular flexibility index (Phi) is 2.98. The highest BCUT2D eigenvalue weighted by Crippen LogP contribution is 2.47. The second-order valence-electron chi connectivity index (χ2n) is 4.94. The minimum atomic E-state index is -0.544. The van der Waals surface area contributed by atoms with Crippen molar-refractivity contribution in [2.45, 2.75) is 31.2 Å². The maximum atomic E-state index is 14.4. The molecule has 0 bridgehead atoms. The normalized spacial score (nSPS) is 21.1. The van der Waals surface area contributed by atoms with E-state index in [1.54, 1.807) is 6.07 Å². The van der Waals surface area contributed by atoms with Crippen molar-refractivity contribution in [3.8, 4) is 11.5 Å². The molecule has 0 amide bonds. The van der Waals surface area contributed by atoms with E-state index in [-0.39, 0.29) is 5.82 Å². The van der Waals surface area contributed by atoms with Crippen molar-refractivity contribution in [3.05, 3.63) is 21.9 Å². The summed E-state index contributed by atoms with van der Waals surface area (Å²) in [4.78, 5) is 0. The summed E-state index contributed by atoms with van der Waals surface area (Å²) < 4.78 is 25.8. The highest BCUT2D eigenvalue weighted by Gasteiger charge is 2.38. The van der Waals surface area contributed by atoms with E-state index in [2.05, 4.69) is 15.9 Å². The van der Waals surface area contributed by atoms with Gasteiger partial charge in [0.25, 0.3) is 0 Å². The highest BCUT2D eigenvalue weighted by molar-refractivity contribution is 9.10. The Morgan fingerprint density at radius 1 is 1.22 bits per heavy atom. The molecular weight excluding hydrogens is 301 g/mol. The molecule has 0 unspecified atom stereocenters. The van der Waals surface area contributed by atoms with Crippen LogP contribution in [0.15, 0.2) is 10.5 Å². The fourth-order valence-corrected chi connectivity index (χ4v) is 2.96. The second-order valence-corrected chi connectivity index (χ2v) is 5.73. The van der Waals surface area contributed by atoms with Crippen molar-refractivity contribution in [1.29, 1.82) is 0 Å². The molecule has 1 fully saturated rings. The van der Waals surface area contributed by atoms with Crippen LogP contribution in [0.1, 0.15) is 31.2 Å². The van der Waals surface area contributed by atoms with E-state index >= 15 is 0 Å². The molecule has 0 spiro atoms. The highest BCUT2D eigenvalue weighted by atomic mass is 79.9. The fraction of sp³-hybridized carbons (Fsp3) is 0.538. The van der Waals surface area contributed by atoms with Crippen LogP contribution < -0.4 is 15.2 Å². The first kappa shape index (κ1) is 12.2. The van der Waals surface area contributed by atoms with Crippen molar-refractivity contribution in [2.75, 3.05) is 13.2 Å². The molecule has 2 N–H and O–H groups in total. The topological polar surface area (TPSA) is 44.5 Å². The van der Waals surface area contributed by atoms with Crippen LogP contribution in [0.3, 0.4) is 0 Å². The summed E-state index contributed by atoms with van der Waals surface area (Å²) >= 11 is 3.26. The Balaban J connectivity index is 2.11. The van der Waals surface area contributed by atoms with Crippen LogP contribution in [0.2, 0.25) is 0 Å². The number of ether oxygens (including phenoxy) is 2. The van der Waals surface area contributed by atoms with Gasteiger partial charge in [-0.3, -0.25) is 0 Å². The van der Waals surface area contributed by atoms with Gasteiger partial charge in [0.05, 0.1) is 17.7 Å². The number of benzene rings is 1. The van der Waals surface area contributed by atoms with Crippen molar-refractivity contribution >= 4 is 15.9 Å². The van der Waals surface area contributed by atoms with Gasteiger partial charge in [0.15, 0.2) is 11.5 Å². The first-order valence-electron chi connectivity index (χ1n) is 6.19. The first-order valence-corrected chi connectivity index (χ1v) is 6.98. The molecule has 1 saturated carbocycles. The van der Waals surface area contributed by atoms with Gasteiger partial charge < -0.3 is 15.2 Å². The standard InChI is InChI=1S/C13H15BrFNO2/c14-10-11(15)8(13(16)3-1-4-13)7-9-12(10)18-6-2-5-17-9/h7H,1-6,16H2. The molecule has 1 aromatic carbocycles. The summed E-state index contributed by atoms with van der Waals surface area (Å²) in [6.45, 7) is 1.13. The lowest BCUT2D eigenvalue weighted by molar-refractivity contribution is 0.242. The molecule has 0 aromatic heterocycles. The van der Waals surface area contributed by atoms with Gasteiger partial charge in [-0.25, -0.2) is 4.39 Å². The summed E-state index contributed by atoms with van der Waals surface area (Å²) in [7, 11) is 0. The minimum Gasteiger partial charge on any atom is -0.490 e. The quantitative estimate of drug-likeness (QED) is 0.866. The number of nitrogens with two attached hydrogens (primary N) is 1. The number of rotatable bonds is 1. The molecule has 3 rings (SSSR count). The zero-order chi connectivity index (χ0) is 12.8. The predicted molar refractivity (Wildman–Crippen MR) is 69.4 cm³/mol. The largest absolute Gasteiger partial charge is 0.490 e. The maximum absolute atomic E-state index is 14.4. The molecule has 0 saturated heterocycles. The summed E-state index contributed by atoms with van der Waals surface area (Å²) in [5, 5.41) is 0. The van der Waals surface area contributed by atoms with Crippen LogP contribution in [0, 0.1) is 5.82 Å². The van der Waals surface area contributed by atoms with E-state index in [4.69, 9.17) is 15.2 Å². The average molecular weight is 316 g/mol. The molecule has 98 valence electrons. The van der Waals surface area contributed by atoms with E-state index in [0.29, 0.717) is 34.7 Å². The Morgan fingerprint density at radius 2 is 1.94 bits per heavy atom. The second kappa shape index (κ2) is 4.38. The Morgan fingerprint density at radius 3 is 2.61 bits per heavy atom.